The molecule has 3 aromatic rings. The molecule has 0 radical (unpaired) electrons. The minimum absolute atomic E-state index is 0.202. The minimum atomic E-state index is -4.14. The first kappa shape index (κ1) is 26.9. The van der Waals surface area contributed by atoms with Crippen molar-refractivity contribution in [1.29, 1.82) is 0 Å². The maximum atomic E-state index is 14.5. The van der Waals surface area contributed by atoms with Crippen molar-refractivity contribution in [2.75, 3.05) is 25.1 Å². The van der Waals surface area contributed by atoms with Gasteiger partial charge in [-0.3, -0.25) is 19.2 Å². The van der Waals surface area contributed by atoms with Crippen molar-refractivity contribution in [3.8, 4) is 0 Å². The first-order valence-corrected chi connectivity index (χ1v) is 14.2. The van der Waals surface area contributed by atoms with Crippen LogP contribution in [0.4, 0.5) is 5.69 Å². The van der Waals surface area contributed by atoms with E-state index < -0.39 is 45.4 Å². The summed E-state index contributed by atoms with van der Waals surface area (Å²) in [5.74, 6) is -1.92. The van der Waals surface area contributed by atoms with Gasteiger partial charge in [-0.05, 0) is 49.1 Å². The first-order chi connectivity index (χ1) is 18.6. The van der Waals surface area contributed by atoms with Gasteiger partial charge in [0.2, 0.25) is 0 Å². The Bertz CT molecular complexity index is 1530. The van der Waals surface area contributed by atoms with Gasteiger partial charge in [0.25, 0.3) is 10.0 Å². The number of hydrogen-bond donors (Lipinski definition) is 1. The number of esters is 2. The molecule has 39 heavy (non-hydrogen) atoms. The zero-order valence-electron chi connectivity index (χ0n) is 22.6. The number of anilines is 1. The van der Waals surface area contributed by atoms with Gasteiger partial charge in [0.1, 0.15) is 11.5 Å². The lowest BCUT2D eigenvalue weighted by Crippen LogP contribution is -2.55. The molecule has 1 fully saturated rings. The van der Waals surface area contributed by atoms with E-state index in [2.05, 4.69) is 5.32 Å². The highest BCUT2D eigenvalue weighted by atomic mass is 32.2. The third-order valence-electron chi connectivity index (χ3n) is 8.00. The van der Waals surface area contributed by atoms with E-state index in [1.54, 1.807) is 38.1 Å². The number of carbonyl (C=O) groups is 2. The Morgan fingerprint density at radius 2 is 1.54 bits per heavy atom. The fraction of sp³-hybridized carbons (Fsp3) is 0.333. The third-order valence-corrected chi connectivity index (χ3v) is 10.1. The number of aryl methyl sites for hydroxylation is 3. The number of nitrogens with one attached hydrogen (secondary N) is 1. The molecule has 0 unspecified atom stereocenters. The van der Waals surface area contributed by atoms with E-state index >= 15 is 0 Å². The lowest BCUT2D eigenvalue weighted by atomic mass is 9.65. The molecule has 0 aliphatic carbocycles. The molecule has 0 aromatic heterocycles. The molecule has 5 rings (SSSR count). The zero-order valence-corrected chi connectivity index (χ0v) is 23.4. The number of nitrogens with zero attached hydrogens (tertiary/aromatic N) is 1. The van der Waals surface area contributed by atoms with E-state index in [1.807, 2.05) is 49.4 Å². The van der Waals surface area contributed by atoms with Gasteiger partial charge in [0, 0.05) is 5.92 Å². The predicted octanol–water partition coefficient (Wildman–Crippen LogP) is 3.95. The average Bonchev–Trinajstić information content (AvgIpc) is 3.28. The molecule has 2 heterocycles. The van der Waals surface area contributed by atoms with Gasteiger partial charge in [-0.25, -0.2) is 8.42 Å². The van der Waals surface area contributed by atoms with Crippen LogP contribution in [-0.2, 0) is 29.1 Å². The van der Waals surface area contributed by atoms with Crippen molar-refractivity contribution in [1.82, 2.24) is 5.32 Å². The van der Waals surface area contributed by atoms with Crippen LogP contribution in [0.15, 0.2) is 71.6 Å². The Balaban J connectivity index is 1.81. The molecule has 0 spiro atoms. The highest BCUT2D eigenvalue weighted by molar-refractivity contribution is 7.93. The van der Waals surface area contributed by atoms with Crippen LogP contribution < -0.4 is 9.62 Å². The molecular weight excluding hydrogens is 516 g/mol. The number of para-hydroxylation sites is 1. The van der Waals surface area contributed by atoms with Gasteiger partial charge in [-0.15, -0.1) is 0 Å². The van der Waals surface area contributed by atoms with Crippen LogP contribution in [0.2, 0.25) is 0 Å². The summed E-state index contributed by atoms with van der Waals surface area (Å²) in [6.07, 6.45) is 0. The summed E-state index contributed by atoms with van der Waals surface area (Å²) in [7, 11) is -1.55. The minimum Gasteiger partial charge on any atom is -0.468 e. The second-order valence-electron chi connectivity index (χ2n) is 10.3. The number of hydrogen-bond acceptors (Lipinski definition) is 7. The summed E-state index contributed by atoms with van der Waals surface area (Å²) in [4.78, 5) is 27.3. The van der Waals surface area contributed by atoms with Crippen LogP contribution in [0.25, 0.3) is 0 Å². The maximum absolute atomic E-state index is 14.5. The average molecular weight is 549 g/mol. The number of carbonyl (C=O) groups excluding carboxylic acids is 2. The SMILES string of the molecule is COC(=O)[C@H]1N[C@H]2c3ccccc3N(S(=O)(=O)c3c(C)cc(C)cc3C)C[C@]2(C(=O)OC)[C@@H]1c1ccccc1. The van der Waals surface area contributed by atoms with Crippen LogP contribution >= 0.6 is 0 Å². The highest BCUT2D eigenvalue weighted by Gasteiger charge is 2.67. The molecule has 9 heteroatoms. The summed E-state index contributed by atoms with van der Waals surface area (Å²) >= 11 is 0. The zero-order chi connectivity index (χ0) is 28.1. The second kappa shape index (κ2) is 9.81. The second-order valence-corrected chi connectivity index (χ2v) is 12.1. The van der Waals surface area contributed by atoms with E-state index in [1.165, 1.54) is 18.5 Å². The summed E-state index contributed by atoms with van der Waals surface area (Å²) in [5.41, 5.74) is 2.47. The number of sulfonamides is 1. The standard InChI is InChI=1S/C30H32N2O6S/c1-18-15-19(2)26(20(3)16-18)39(35,36)32-17-30(29(34)38-5)24(21-11-7-6-8-12-21)25(28(33)37-4)31-27(30)22-13-9-10-14-23(22)32/h6-16,24-25,27,31H,17H2,1-5H3/t24-,25+,27+,30+/m1/s1. The Kier molecular flexibility index (Phi) is 6.76. The van der Waals surface area contributed by atoms with Crippen molar-refractivity contribution in [2.45, 2.75) is 43.7 Å². The van der Waals surface area contributed by atoms with Gasteiger partial charge in [0.05, 0.1) is 37.4 Å². The van der Waals surface area contributed by atoms with Gasteiger partial charge in [0.15, 0.2) is 0 Å². The number of fused-ring (bicyclic) bond motifs is 3. The normalized spacial score (nSPS) is 24.0. The molecule has 0 saturated carbocycles. The number of methoxy groups -OCH3 is 2. The van der Waals surface area contributed by atoms with Crippen LogP contribution in [0.1, 0.15) is 39.8 Å². The Labute approximate surface area is 229 Å². The molecule has 4 atom stereocenters. The van der Waals surface area contributed by atoms with E-state index in [0.29, 0.717) is 27.9 Å². The Hall–Kier alpha value is -3.69. The topological polar surface area (TPSA) is 102 Å². The molecule has 8 nitrogen and oxygen atoms in total. The number of ether oxygens (including phenoxy) is 2. The quantitative estimate of drug-likeness (QED) is 0.482. The Morgan fingerprint density at radius 1 is 0.923 bits per heavy atom. The first-order valence-electron chi connectivity index (χ1n) is 12.7. The molecule has 0 amide bonds. The van der Waals surface area contributed by atoms with Crippen molar-refractivity contribution in [3.63, 3.8) is 0 Å². The van der Waals surface area contributed by atoms with Crippen LogP contribution in [0, 0.1) is 26.2 Å². The summed E-state index contributed by atoms with van der Waals surface area (Å²) < 4.78 is 40.9. The van der Waals surface area contributed by atoms with E-state index in [-0.39, 0.29) is 11.4 Å². The summed E-state index contributed by atoms with van der Waals surface area (Å²) in [5, 5.41) is 3.35. The fourth-order valence-electron chi connectivity index (χ4n) is 6.62. The fourth-order valence-corrected chi connectivity index (χ4v) is 8.58. The van der Waals surface area contributed by atoms with Gasteiger partial charge < -0.3 is 9.47 Å². The molecule has 1 N–H and O–H groups in total. The van der Waals surface area contributed by atoms with Crippen LogP contribution in [-0.4, -0.2) is 47.2 Å². The molecule has 1 saturated heterocycles. The highest BCUT2D eigenvalue weighted by Crippen LogP contribution is 2.59. The van der Waals surface area contributed by atoms with Crippen molar-refractivity contribution in [2.24, 2.45) is 5.41 Å². The van der Waals surface area contributed by atoms with Crippen LogP contribution in [0.3, 0.4) is 0 Å². The van der Waals surface area contributed by atoms with Crippen molar-refractivity contribution in [3.05, 3.63) is 94.5 Å². The van der Waals surface area contributed by atoms with Crippen LogP contribution in [0.5, 0.6) is 0 Å². The van der Waals surface area contributed by atoms with E-state index in [0.717, 1.165) is 5.56 Å². The lowest BCUT2D eigenvalue weighted by Gasteiger charge is -2.46. The largest absolute Gasteiger partial charge is 0.468 e. The molecule has 0 bridgehead atoms. The molecule has 204 valence electrons. The predicted molar refractivity (Wildman–Crippen MR) is 147 cm³/mol. The molecular formula is C30H32N2O6S. The Morgan fingerprint density at radius 3 is 2.15 bits per heavy atom. The van der Waals surface area contributed by atoms with Crippen molar-refractivity contribution < 1.29 is 27.5 Å². The van der Waals surface area contributed by atoms with Gasteiger partial charge in [-0.1, -0.05) is 66.2 Å². The lowest BCUT2D eigenvalue weighted by molar-refractivity contribution is -0.154. The van der Waals surface area contributed by atoms with Gasteiger partial charge in [-0.2, -0.15) is 0 Å². The monoisotopic (exact) mass is 548 g/mol. The van der Waals surface area contributed by atoms with Gasteiger partial charge >= 0.3 is 11.9 Å². The van der Waals surface area contributed by atoms with E-state index in [4.69, 9.17) is 9.47 Å². The number of rotatable bonds is 5. The third kappa shape index (κ3) is 4.03. The summed E-state index contributed by atoms with van der Waals surface area (Å²) in [6, 6.07) is 18.3. The van der Waals surface area contributed by atoms with Crippen molar-refractivity contribution >= 4 is 27.6 Å². The summed E-state index contributed by atoms with van der Waals surface area (Å²) in [6.45, 7) is 5.25. The van der Waals surface area contributed by atoms with E-state index in [9.17, 15) is 18.0 Å². The number of benzene rings is 3. The maximum Gasteiger partial charge on any atom is 0.323 e. The smallest absolute Gasteiger partial charge is 0.323 e. The molecule has 2 aliphatic heterocycles. The molecule has 2 aliphatic rings. The molecule has 3 aromatic carbocycles.